The van der Waals surface area contributed by atoms with Crippen LogP contribution in [0.1, 0.15) is 0 Å². The zero-order chi connectivity index (χ0) is 20.9. The number of benzene rings is 1. The number of piperazine rings is 1. The van der Waals surface area contributed by atoms with Crippen molar-refractivity contribution in [1.29, 1.82) is 0 Å². The number of carbonyl (C=O) groups is 1. The van der Waals surface area contributed by atoms with Crippen molar-refractivity contribution in [3.05, 3.63) is 48.8 Å². The number of methoxy groups -OCH3 is 1. The van der Waals surface area contributed by atoms with E-state index < -0.39 is 10.0 Å². The van der Waals surface area contributed by atoms with Crippen molar-refractivity contribution in [3.8, 4) is 5.75 Å². The molecule has 0 radical (unpaired) electrons. The summed E-state index contributed by atoms with van der Waals surface area (Å²) >= 11 is 0. The first kappa shape index (κ1) is 20.6. The summed E-state index contributed by atoms with van der Waals surface area (Å²) in [5.74, 6) is 0.321. The average Bonchev–Trinajstić information content (AvgIpc) is 3.15. The number of para-hydroxylation sites is 1. The van der Waals surface area contributed by atoms with Gasteiger partial charge < -0.3 is 20.1 Å². The third-order valence-corrected chi connectivity index (χ3v) is 6.28. The minimum absolute atomic E-state index is 0.134. The van der Waals surface area contributed by atoms with E-state index in [0.717, 1.165) is 31.9 Å². The van der Waals surface area contributed by atoms with Crippen LogP contribution in [0.15, 0.2) is 53.7 Å². The quantitative estimate of drug-likeness (QED) is 0.611. The molecule has 0 saturated carbocycles. The number of pyridine rings is 1. The highest BCUT2D eigenvalue weighted by Gasteiger charge is 2.26. The van der Waals surface area contributed by atoms with Crippen LogP contribution < -0.4 is 15.0 Å². The van der Waals surface area contributed by atoms with Crippen LogP contribution in [0.3, 0.4) is 0 Å². The molecule has 0 bridgehead atoms. The van der Waals surface area contributed by atoms with E-state index in [0.29, 0.717) is 16.8 Å². The minimum Gasteiger partial charge on any atom is -0.495 e. The van der Waals surface area contributed by atoms with E-state index >= 15 is 0 Å². The van der Waals surface area contributed by atoms with Gasteiger partial charge in [0.1, 0.15) is 16.2 Å². The Morgan fingerprint density at radius 2 is 1.86 bits per heavy atom. The van der Waals surface area contributed by atoms with Gasteiger partial charge in [-0.15, -0.1) is 0 Å². The summed E-state index contributed by atoms with van der Waals surface area (Å²) in [7, 11) is -2.35. The Hall–Kier alpha value is -3.11. The molecule has 0 unspecified atom stereocenters. The molecule has 10 heteroatoms. The Balaban J connectivity index is 0.000000755. The fourth-order valence-electron chi connectivity index (χ4n) is 3.29. The summed E-state index contributed by atoms with van der Waals surface area (Å²) in [5, 5.41) is 10.2. The number of anilines is 1. The molecule has 1 aliphatic heterocycles. The standard InChI is InChI=1S/C18H20N4O3S.CH2O2/c1-25-16-6-2-3-7-17(16)26(23,24)22-13-15(21-11-9-19-10-12-21)18-14(22)5-4-8-20-18;2-1-3/h2-8,13,19H,9-12H2,1H3;1H,(H,2,3). The molecule has 3 heterocycles. The van der Waals surface area contributed by atoms with E-state index in [4.69, 9.17) is 14.6 Å². The van der Waals surface area contributed by atoms with Gasteiger partial charge in [-0.1, -0.05) is 12.1 Å². The lowest BCUT2D eigenvalue weighted by Crippen LogP contribution is -2.43. The molecule has 1 aliphatic rings. The molecule has 1 aromatic carbocycles. The topological polar surface area (TPSA) is 114 Å². The predicted octanol–water partition coefficient (Wildman–Crippen LogP) is 1.39. The van der Waals surface area contributed by atoms with Gasteiger partial charge in [0.25, 0.3) is 16.5 Å². The highest BCUT2D eigenvalue weighted by molar-refractivity contribution is 7.90. The molecule has 4 rings (SSSR count). The van der Waals surface area contributed by atoms with Crippen molar-refractivity contribution in [2.24, 2.45) is 0 Å². The van der Waals surface area contributed by atoms with E-state index in [1.165, 1.54) is 11.1 Å². The first-order chi connectivity index (χ1) is 14.0. The second kappa shape index (κ2) is 8.93. The number of hydrogen-bond acceptors (Lipinski definition) is 7. The third kappa shape index (κ3) is 4.03. The normalized spacial score (nSPS) is 14.2. The maximum Gasteiger partial charge on any atom is 0.290 e. The molecule has 3 aromatic rings. The Morgan fingerprint density at radius 1 is 1.17 bits per heavy atom. The fourth-order valence-corrected chi connectivity index (χ4v) is 4.80. The van der Waals surface area contributed by atoms with E-state index in [-0.39, 0.29) is 11.4 Å². The molecule has 29 heavy (non-hydrogen) atoms. The number of hydrogen-bond donors (Lipinski definition) is 2. The summed E-state index contributed by atoms with van der Waals surface area (Å²) in [5.41, 5.74) is 2.08. The van der Waals surface area contributed by atoms with Crippen LogP contribution in [0.4, 0.5) is 5.69 Å². The summed E-state index contributed by atoms with van der Waals surface area (Å²) in [6.45, 7) is 3.09. The first-order valence-corrected chi connectivity index (χ1v) is 10.4. The van der Waals surface area contributed by atoms with Crippen molar-refractivity contribution < 1.29 is 23.1 Å². The molecule has 1 fully saturated rings. The zero-order valence-electron chi connectivity index (χ0n) is 15.9. The Labute approximate surface area is 168 Å². The minimum atomic E-state index is -3.82. The fraction of sp³-hybridized carbons (Fsp3) is 0.263. The van der Waals surface area contributed by atoms with Crippen molar-refractivity contribution in [2.75, 3.05) is 38.2 Å². The second-order valence-electron chi connectivity index (χ2n) is 6.18. The van der Waals surface area contributed by atoms with Crippen LogP contribution in [0, 0.1) is 0 Å². The maximum absolute atomic E-state index is 13.3. The molecule has 0 amide bonds. The van der Waals surface area contributed by atoms with Gasteiger partial charge in [-0.3, -0.25) is 9.78 Å². The van der Waals surface area contributed by atoms with Crippen LogP contribution in [0.25, 0.3) is 11.0 Å². The van der Waals surface area contributed by atoms with Gasteiger partial charge in [-0.2, -0.15) is 0 Å². The highest BCUT2D eigenvalue weighted by atomic mass is 32.2. The number of nitrogens with one attached hydrogen (secondary N) is 1. The number of fused-ring (bicyclic) bond motifs is 1. The monoisotopic (exact) mass is 418 g/mol. The molecule has 2 aromatic heterocycles. The Morgan fingerprint density at radius 3 is 2.55 bits per heavy atom. The van der Waals surface area contributed by atoms with Gasteiger partial charge in [0.05, 0.1) is 18.3 Å². The Kier molecular flexibility index (Phi) is 6.35. The molecule has 1 saturated heterocycles. The molecule has 0 atom stereocenters. The van der Waals surface area contributed by atoms with Crippen LogP contribution in [0.5, 0.6) is 5.75 Å². The van der Waals surface area contributed by atoms with Crippen LogP contribution in [0.2, 0.25) is 0 Å². The molecule has 154 valence electrons. The van der Waals surface area contributed by atoms with Crippen LogP contribution in [-0.4, -0.2) is 62.2 Å². The highest BCUT2D eigenvalue weighted by Crippen LogP contribution is 2.33. The lowest BCUT2D eigenvalue weighted by atomic mass is 10.3. The van der Waals surface area contributed by atoms with Gasteiger partial charge in [-0.05, 0) is 24.3 Å². The lowest BCUT2D eigenvalue weighted by Gasteiger charge is -2.28. The van der Waals surface area contributed by atoms with Crippen molar-refractivity contribution in [3.63, 3.8) is 0 Å². The largest absolute Gasteiger partial charge is 0.495 e. The van der Waals surface area contributed by atoms with Crippen LogP contribution >= 0.6 is 0 Å². The van der Waals surface area contributed by atoms with Gasteiger partial charge in [-0.25, -0.2) is 12.4 Å². The van der Waals surface area contributed by atoms with Gasteiger partial charge in [0.15, 0.2) is 0 Å². The van der Waals surface area contributed by atoms with Gasteiger partial charge in [0, 0.05) is 38.6 Å². The average molecular weight is 418 g/mol. The third-order valence-electron chi connectivity index (χ3n) is 4.57. The van der Waals surface area contributed by atoms with Crippen molar-refractivity contribution in [1.82, 2.24) is 14.3 Å². The van der Waals surface area contributed by atoms with E-state index in [1.54, 1.807) is 48.8 Å². The second-order valence-corrected chi connectivity index (χ2v) is 7.96. The predicted molar refractivity (Wildman–Crippen MR) is 109 cm³/mol. The van der Waals surface area contributed by atoms with Crippen molar-refractivity contribution in [2.45, 2.75) is 4.90 Å². The first-order valence-electron chi connectivity index (χ1n) is 8.92. The van der Waals surface area contributed by atoms with E-state index in [9.17, 15) is 8.42 Å². The molecule has 0 spiro atoms. The molecular formula is C19H22N4O5S. The summed E-state index contributed by atoms with van der Waals surface area (Å²) < 4.78 is 33.3. The smallest absolute Gasteiger partial charge is 0.290 e. The maximum atomic E-state index is 13.3. The van der Waals surface area contributed by atoms with Crippen LogP contribution in [-0.2, 0) is 14.8 Å². The van der Waals surface area contributed by atoms with E-state index in [2.05, 4.69) is 15.2 Å². The SMILES string of the molecule is COc1ccccc1S(=O)(=O)n1cc(N2CCNCC2)c2ncccc21.O=CO. The molecule has 0 aliphatic carbocycles. The number of aromatic nitrogens is 2. The summed E-state index contributed by atoms with van der Waals surface area (Å²) in [4.78, 5) is 15.1. The molecular weight excluding hydrogens is 396 g/mol. The number of rotatable bonds is 4. The molecule has 9 nitrogen and oxygen atoms in total. The number of carboxylic acid groups (broad SMARTS) is 1. The van der Waals surface area contributed by atoms with Gasteiger partial charge >= 0.3 is 0 Å². The Bertz CT molecular complexity index is 1090. The lowest BCUT2D eigenvalue weighted by molar-refractivity contribution is -0.122. The molecule has 2 N–H and O–H groups in total. The number of ether oxygens (including phenoxy) is 1. The summed E-state index contributed by atoms with van der Waals surface area (Å²) in [6, 6.07) is 10.2. The zero-order valence-corrected chi connectivity index (χ0v) is 16.7. The van der Waals surface area contributed by atoms with Crippen molar-refractivity contribution >= 4 is 33.2 Å². The van der Waals surface area contributed by atoms with E-state index in [1.807, 2.05) is 0 Å². The number of nitrogens with zero attached hydrogens (tertiary/aromatic N) is 3. The van der Waals surface area contributed by atoms with Gasteiger partial charge in [0.2, 0.25) is 0 Å². The summed E-state index contributed by atoms with van der Waals surface area (Å²) in [6.07, 6.45) is 3.36.